The van der Waals surface area contributed by atoms with E-state index >= 15 is 0 Å². The SMILES string of the molecule is CCN1CC2(Cc3ccccc3C2(C)C)Oc2c(COC(=O)CC(=O)OC(C)COc3ccc(C(C)(C)c4ccc(OCC(C)OC)cc4)cc3)cc([N+](=O)[O-])cc21. The maximum atomic E-state index is 12.9. The lowest BCUT2D eigenvalue weighted by Gasteiger charge is -2.49. The zero-order valence-corrected chi connectivity index (χ0v) is 34.7. The topological polar surface area (TPSA) is 136 Å². The molecule has 3 unspecified atom stereocenters. The fourth-order valence-electron chi connectivity index (χ4n) is 7.82. The van der Waals surface area contributed by atoms with Crippen molar-refractivity contribution in [1.82, 2.24) is 0 Å². The highest BCUT2D eigenvalue weighted by Gasteiger charge is 2.57. The Morgan fingerprint density at radius 2 is 1.50 bits per heavy atom. The van der Waals surface area contributed by atoms with Gasteiger partial charge in [0.15, 0.2) is 5.75 Å². The van der Waals surface area contributed by atoms with E-state index in [9.17, 15) is 19.7 Å². The number of anilines is 1. The first kappa shape index (κ1) is 42.0. The third kappa shape index (κ3) is 8.77. The molecule has 308 valence electrons. The maximum Gasteiger partial charge on any atom is 0.317 e. The summed E-state index contributed by atoms with van der Waals surface area (Å²) in [4.78, 5) is 39.3. The van der Waals surface area contributed by atoms with Crippen molar-refractivity contribution in [1.29, 1.82) is 0 Å². The molecular weight excluding hydrogens is 741 g/mol. The summed E-state index contributed by atoms with van der Waals surface area (Å²) in [6, 6.07) is 26.9. The van der Waals surface area contributed by atoms with Gasteiger partial charge in [-0.2, -0.15) is 0 Å². The first-order valence-electron chi connectivity index (χ1n) is 19.7. The van der Waals surface area contributed by atoms with Crippen molar-refractivity contribution in [2.75, 3.05) is 38.3 Å². The van der Waals surface area contributed by atoms with Crippen LogP contribution in [0.25, 0.3) is 0 Å². The van der Waals surface area contributed by atoms with Crippen LogP contribution in [0.15, 0.2) is 84.9 Å². The monoisotopic (exact) mass is 794 g/mol. The van der Waals surface area contributed by atoms with Crippen molar-refractivity contribution in [3.8, 4) is 17.2 Å². The lowest BCUT2D eigenvalue weighted by Crippen LogP contribution is -2.60. The van der Waals surface area contributed by atoms with Crippen LogP contribution >= 0.6 is 0 Å². The molecule has 4 aromatic carbocycles. The Balaban J connectivity index is 1.03. The molecule has 1 heterocycles. The predicted molar refractivity (Wildman–Crippen MR) is 220 cm³/mol. The van der Waals surface area contributed by atoms with Crippen molar-refractivity contribution in [2.24, 2.45) is 0 Å². The molecule has 6 rings (SSSR count). The molecule has 12 nitrogen and oxygen atoms in total. The van der Waals surface area contributed by atoms with Crippen LogP contribution in [0.4, 0.5) is 11.4 Å². The number of likely N-dealkylation sites (N-methyl/N-ethyl adjacent to an activating group) is 1. The fraction of sp³-hybridized carbons (Fsp3) is 0.435. The Bertz CT molecular complexity index is 2110. The molecule has 1 spiro atoms. The Morgan fingerprint density at radius 1 is 0.897 bits per heavy atom. The van der Waals surface area contributed by atoms with Crippen LogP contribution in [0.3, 0.4) is 0 Å². The number of nitrogens with zero attached hydrogens (tertiary/aromatic N) is 2. The van der Waals surface area contributed by atoms with Gasteiger partial charge in [-0.05, 0) is 67.3 Å². The molecule has 12 heteroatoms. The van der Waals surface area contributed by atoms with Gasteiger partial charge in [0.05, 0.1) is 23.3 Å². The summed E-state index contributed by atoms with van der Waals surface area (Å²) in [6.45, 7) is 15.6. The molecule has 0 radical (unpaired) electrons. The van der Waals surface area contributed by atoms with E-state index in [4.69, 9.17) is 28.4 Å². The first-order chi connectivity index (χ1) is 27.6. The molecule has 4 aromatic rings. The molecule has 0 fully saturated rings. The van der Waals surface area contributed by atoms with Gasteiger partial charge in [-0.3, -0.25) is 19.7 Å². The van der Waals surface area contributed by atoms with Crippen molar-refractivity contribution < 1.29 is 42.9 Å². The van der Waals surface area contributed by atoms with Gasteiger partial charge in [-0.1, -0.05) is 76.2 Å². The summed E-state index contributed by atoms with van der Waals surface area (Å²) < 4.78 is 34.9. The van der Waals surface area contributed by atoms with Gasteiger partial charge in [0.2, 0.25) is 0 Å². The van der Waals surface area contributed by atoms with Crippen molar-refractivity contribution in [3.63, 3.8) is 0 Å². The fourth-order valence-corrected chi connectivity index (χ4v) is 7.82. The molecule has 0 saturated carbocycles. The highest BCUT2D eigenvalue weighted by Crippen LogP contribution is 2.54. The molecule has 3 atom stereocenters. The van der Waals surface area contributed by atoms with E-state index in [0.29, 0.717) is 48.9 Å². The van der Waals surface area contributed by atoms with Crippen molar-refractivity contribution in [2.45, 2.75) is 96.6 Å². The van der Waals surface area contributed by atoms with E-state index in [-0.39, 0.29) is 35.8 Å². The van der Waals surface area contributed by atoms with E-state index < -0.39 is 35.0 Å². The minimum Gasteiger partial charge on any atom is -0.491 e. The molecule has 0 N–H and O–H groups in total. The number of rotatable bonds is 16. The normalized spacial score (nSPS) is 17.7. The highest BCUT2D eigenvalue weighted by molar-refractivity contribution is 5.91. The van der Waals surface area contributed by atoms with Crippen LogP contribution in [0, 0.1) is 10.1 Å². The number of fused-ring (bicyclic) bond motifs is 2. The maximum absolute atomic E-state index is 12.9. The van der Waals surface area contributed by atoms with E-state index in [1.165, 1.54) is 23.3 Å². The molecule has 1 aliphatic carbocycles. The van der Waals surface area contributed by atoms with E-state index in [2.05, 4.69) is 56.9 Å². The number of methoxy groups -OCH3 is 1. The molecule has 1 aliphatic heterocycles. The number of nitro benzene ring substituents is 1. The average molecular weight is 795 g/mol. The van der Waals surface area contributed by atoms with Gasteiger partial charge in [-0.15, -0.1) is 0 Å². The second-order valence-corrected chi connectivity index (χ2v) is 16.3. The summed E-state index contributed by atoms with van der Waals surface area (Å²) in [6.07, 6.45) is -0.637. The standard InChI is InChI=1S/C46H54N2O10/c1-9-47-29-46(25-32-12-10-11-13-39(32)45(46,6)7)58-43-33(22-36(48(51)52)23-40(43)47)28-56-41(49)24-42(50)57-31(3)27-55-38-20-16-35(17-21-38)44(4,5)34-14-18-37(19-15-34)54-26-30(2)53-8/h10-23,30-31H,9,24-29H2,1-8H3. The smallest absolute Gasteiger partial charge is 0.317 e. The number of hydrogen-bond acceptors (Lipinski definition) is 11. The first-order valence-corrected chi connectivity index (χ1v) is 19.7. The lowest BCUT2D eigenvalue weighted by molar-refractivity contribution is -0.384. The quantitative estimate of drug-likeness (QED) is 0.0469. The molecule has 0 bridgehead atoms. The van der Waals surface area contributed by atoms with E-state index in [0.717, 1.165) is 16.9 Å². The number of hydrogen-bond donors (Lipinski definition) is 0. The number of carbonyl (C=O) groups is 2. The summed E-state index contributed by atoms with van der Waals surface area (Å²) in [5.41, 5.74) is 4.03. The predicted octanol–water partition coefficient (Wildman–Crippen LogP) is 8.27. The third-order valence-corrected chi connectivity index (χ3v) is 11.6. The van der Waals surface area contributed by atoms with Gasteiger partial charge in [0, 0.05) is 48.6 Å². The molecule has 0 aromatic heterocycles. The Morgan fingerprint density at radius 3 is 2.07 bits per heavy atom. The minimum absolute atomic E-state index is 0.00490. The zero-order chi connectivity index (χ0) is 41.8. The summed E-state index contributed by atoms with van der Waals surface area (Å²) in [5.74, 6) is 0.219. The second-order valence-electron chi connectivity index (χ2n) is 16.3. The summed E-state index contributed by atoms with van der Waals surface area (Å²) in [7, 11) is 1.66. The largest absolute Gasteiger partial charge is 0.491 e. The second kappa shape index (κ2) is 17.1. The third-order valence-electron chi connectivity index (χ3n) is 11.6. The number of ether oxygens (including phenoxy) is 6. The number of carbonyl (C=O) groups excluding carboxylic acids is 2. The van der Waals surface area contributed by atoms with Crippen LogP contribution in [-0.2, 0) is 47.7 Å². The molecule has 58 heavy (non-hydrogen) atoms. The van der Waals surface area contributed by atoms with Gasteiger partial charge in [-0.25, -0.2) is 0 Å². The van der Waals surface area contributed by atoms with Crippen LogP contribution in [0.5, 0.6) is 17.2 Å². The van der Waals surface area contributed by atoms with Crippen molar-refractivity contribution in [3.05, 3.63) is 123 Å². The minimum atomic E-state index is -0.828. The van der Waals surface area contributed by atoms with Crippen LogP contribution in [-0.4, -0.2) is 68.1 Å². The summed E-state index contributed by atoms with van der Waals surface area (Å²) >= 11 is 0. The van der Waals surface area contributed by atoms with E-state index in [1.807, 2.05) is 62.4 Å². The molecule has 0 saturated heterocycles. The molecule has 0 amide bonds. The van der Waals surface area contributed by atoms with Gasteiger partial charge in [0.1, 0.15) is 49.4 Å². The van der Waals surface area contributed by atoms with E-state index in [1.54, 1.807) is 14.0 Å². The average Bonchev–Trinajstić information content (AvgIpc) is 3.42. The summed E-state index contributed by atoms with van der Waals surface area (Å²) in [5, 5.41) is 12.0. The highest BCUT2D eigenvalue weighted by atomic mass is 16.6. The van der Waals surface area contributed by atoms with Crippen LogP contribution in [0.2, 0.25) is 0 Å². The Labute approximate surface area is 340 Å². The number of nitro groups is 1. The molecule has 2 aliphatic rings. The van der Waals surface area contributed by atoms with Crippen LogP contribution < -0.4 is 19.1 Å². The zero-order valence-electron chi connectivity index (χ0n) is 34.7. The van der Waals surface area contributed by atoms with Gasteiger partial charge in [0.25, 0.3) is 5.69 Å². The van der Waals surface area contributed by atoms with Gasteiger partial charge < -0.3 is 33.3 Å². The number of benzene rings is 4. The molecular formula is C46H54N2O10. The van der Waals surface area contributed by atoms with Gasteiger partial charge >= 0.3 is 11.9 Å². The Kier molecular flexibility index (Phi) is 12.4. The number of esters is 2. The van der Waals surface area contributed by atoms with Crippen LogP contribution in [0.1, 0.15) is 82.7 Å². The Hall–Kier alpha value is -5.62. The lowest BCUT2D eigenvalue weighted by atomic mass is 9.73. The number of non-ortho nitro benzene ring substituents is 1. The van der Waals surface area contributed by atoms with Crippen molar-refractivity contribution >= 4 is 23.3 Å².